The largest absolute Gasteiger partial charge is 0.396 e. The zero-order valence-electron chi connectivity index (χ0n) is 23.3. The van der Waals surface area contributed by atoms with E-state index >= 15 is 0 Å². The standard InChI is InChI=1S/C32H42N2O5S/c1-20-28(19-40-10-9-35)38-30(39-29(20)25-7-5-21(18-36)6-8-25)26-3-2-4-27(14-26)33-31(37)34-32-15-22-11-23(16-32)13-24(12-22)17-32/h2-8,14,20,22-24,28-30,35-36H,9-13,15-19H2,1H3,(H2,33,34,37)/t20-,22?,23?,24?,28+,29+,30+,32?/m1/s1. The van der Waals surface area contributed by atoms with Gasteiger partial charge in [0.25, 0.3) is 0 Å². The maximum absolute atomic E-state index is 13.2. The van der Waals surface area contributed by atoms with Crippen LogP contribution in [0.5, 0.6) is 0 Å². The smallest absolute Gasteiger partial charge is 0.319 e. The predicted molar refractivity (Wildman–Crippen MR) is 157 cm³/mol. The summed E-state index contributed by atoms with van der Waals surface area (Å²) >= 11 is 1.67. The van der Waals surface area contributed by atoms with Crippen LogP contribution in [0.25, 0.3) is 0 Å². The van der Waals surface area contributed by atoms with E-state index in [4.69, 9.17) is 9.47 Å². The molecule has 4 saturated carbocycles. The first-order valence-electron chi connectivity index (χ1n) is 14.8. The summed E-state index contributed by atoms with van der Waals surface area (Å²) in [5.74, 6) is 3.82. The molecule has 216 valence electrons. The summed E-state index contributed by atoms with van der Waals surface area (Å²) in [7, 11) is 0. The molecule has 1 heterocycles. The molecule has 7 rings (SSSR count). The highest BCUT2D eigenvalue weighted by Gasteiger charge is 2.51. The van der Waals surface area contributed by atoms with Crippen molar-refractivity contribution in [3.63, 3.8) is 0 Å². The third-order valence-corrected chi connectivity index (χ3v) is 10.5. The Hall–Kier alpha value is -2.10. The van der Waals surface area contributed by atoms with Gasteiger partial charge in [0, 0.05) is 34.2 Å². The molecule has 7 nitrogen and oxygen atoms in total. The first kappa shape index (κ1) is 28.0. The number of thioether (sulfide) groups is 1. The Morgan fingerprint density at radius 1 is 0.975 bits per heavy atom. The number of hydrogen-bond acceptors (Lipinski definition) is 6. The maximum Gasteiger partial charge on any atom is 0.319 e. The molecule has 5 fully saturated rings. The molecule has 2 amide bonds. The molecule has 2 aromatic rings. The van der Waals surface area contributed by atoms with E-state index < -0.39 is 6.29 Å². The lowest BCUT2D eigenvalue weighted by Crippen LogP contribution is -2.60. The van der Waals surface area contributed by atoms with Gasteiger partial charge in [-0.25, -0.2) is 4.79 Å². The topological polar surface area (TPSA) is 100 Å². The van der Waals surface area contributed by atoms with E-state index in [0.29, 0.717) is 5.75 Å². The van der Waals surface area contributed by atoms with Crippen molar-refractivity contribution in [1.29, 1.82) is 0 Å². The lowest BCUT2D eigenvalue weighted by molar-refractivity contribution is -0.268. The highest BCUT2D eigenvalue weighted by Crippen LogP contribution is 2.55. The number of nitrogens with one attached hydrogen (secondary N) is 2. The molecule has 4 bridgehead atoms. The number of hydrogen-bond donors (Lipinski definition) is 4. The van der Waals surface area contributed by atoms with Gasteiger partial charge >= 0.3 is 6.03 Å². The van der Waals surface area contributed by atoms with Crippen molar-refractivity contribution in [1.82, 2.24) is 5.32 Å². The molecule has 5 aliphatic rings. The fraction of sp³-hybridized carbons (Fsp3) is 0.594. The zero-order valence-corrected chi connectivity index (χ0v) is 24.1. The number of rotatable bonds is 9. The molecule has 0 aromatic heterocycles. The van der Waals surface area contributed by atoms with E-state index in [0.717, 1.165) is 65.1 Å². The molecule has 1 saturated heterocycles. The Balaban J connectivity index is 1.16. The number of benzene rings is 2. The van der Waals surface area contributed by atoms with E-state index in [1.807, 2.05) is 48.5 Å². The average Bonchev–Trinajstić information content (AvgIpc) is 2.93. The van der Waals surface area contributed by atoms with Crippen LogP contribution in [0.1, 0.15) is 74.5 Å². The van der Waals surface area contributed by atoms with Crippen LogP contribution in [0.2, 0.25) is 0 Å². The minimum absolute atomic E-state index is 0.00372. The molecule has 4 aliphatic carbocycles. The molecule has 4 atom stereocenters. The molecular weight excluding hydrogens is 524 g/mol. The quantitative estimate of drug-likeness (QED) is 0.287. The molecule has 0 spiro atoms. The van der Waals surface area contributed by atoms with Gasteiger partial charge in [-0.3, -0.25) is 0 Å². The second-order valence-electron chi connectivity index (χ2n) is 12.5. The molecule has 0 unspecified atom stereocenters. The second kappa shape index (κ2) is 12.0. The number of aliphatic hydroxyl groups excluding tert-OH is 2. The van der Waals surface area contributed by atoms with Gasteiger partial charge in [-0.2, -0.15) is 11.8 Å². The number of aliphatic hydroxyl groups is 2. The van der Waals surface area contributed by atoms with Crippen molar-refractivity contribution >= 4 is 23.5 Å². The number of carbonyl (C=O) groups excluding carboxylic acids is 1. The van der Waals surface area contributed by atoms with Crippen molar-refractivity contribution in [3.8, 4) is 0 Å². The Kier molecular flexibility index (Phi) is 8.43. The lowest BCUT2D eigenvalue weighted by atomic mass is 9.53. The third-order valence-electron chi connectivity index (χ3n) is 9.47. The van der Waals surface area contributed by atoms with Crippen molar-refractivity contribution < 1.29 is 24.5 Å². The Morgan fingerprint density at radius 3 is 2.33 bits per heavy atom. The molecule has 2 aromatic carbocycles. The summed E-state index contributed by atoms with van der Waals surface area (Å²) in [5, 5.41) is 25.3. The highest BCUT2D eigenvalue weighted by molar-refractivity contribution is 7.99. The van der Waals surface area contributed by atoms with Crippen molar-refractivity contribution in [2.75, 3.05) is 23.4 Å². The summed E-state index contributed by atoms with van der Waals surface area (Å²) < 4.78 is 13.0. The van der Waals surface area contributed by atoms with Gasteiger partial charge in [0.1, 0.15) is 0 Å². The first-order chi connectivity index (χ1) is 19.4. The summed E-state index contributed by atoms with van der Waals surface area (Å²) in [4.78, 5) is 13.2. The molecular formula is C32H42N2O5S. The van der Waals surface area contributed by atoms with E-state index in [2.05, 4.69) is 17.6 Å². The van der Waals surface area contributed by atoms with Gasteiger partial charge in [0.05, 0.1) is 25.4 Å². The third kappa shape index (κ3) is 6.07. The summed E-state index contributed by atoms with van der Waals surface area (Å²) in [5.41, 5.74) is 3.44. The molecule has 40 heavy (non-hydrogen) atoms. The highest BCUT2D eigenvalue weighted by atomic mass is 32.2. The summed E-state index contributed by atoms with van der Waals surface area (Å²) in [6, 6.07) is 15.5. The Labute approximate surface area is 241 Å². The van der Waals surface area contributed by atoms with Crippen LogP contribution in [0.4, 0.5) is 10.5 Å². The van der Waals surface area contributed by atoms with Crippen molar-refractivity contribution in [2.24, 2.45) is 23.7 Å². The van der Waals surface area contributed by atoms with E-state index in [1.54, 1.807) is 11.8 Å². The van der Waals surface area contributed by atoms with Gasteiger partial charge in [0.15, 0.2) is 6.29 Å². The number of amides is 2. The fourth-order valence-electron chi connectivity index (χ4n) is 8.00. The first-order valence-corrected chi connectivity index (χ1v) is 16.0. The van der Waals surface area contributed by atoms with Gasteiger partial charge in [0.2, 0.25) is 0 Å². The zero-order chi connectivity index (χ0) is 27.7. The molecule has 1 aliphatic heterocycles. The number of urea groups is 1. The summed E-state index contributed by atoms with van der Waals surface area (Å²) in [6.45, 7) is 2.28. The van der Waals surface area contributed by atoms with Gasteiger partial charge < -0.3 is 30.3 Å². The Bertz CT molecular complexity index is 1140. The van der Waals surface area contributed by atoms with Crippen LogP contribution in [0.3, 0.4) is 0 Å². The summed E-state index contributed by atoms with van der Waals surface area (Å²) in [6.07, 6.45) is 6.52. The van der Waals surface area contributed by atoms with Crippen LogP contribution in [-0.4, -0.2) is 46.0 Å². The monoisotopic (exact) mass is 566 g/mol. The maximum atomic E-state index is 13.2. The van der Waals surface area contributed by atoms with Crippen LogP contribution in [0.15, 0.2) is 48.5 Å². The van der Waals surface area contributed by atoms with E-state index in [1.165, 1.54) is 19.3 Å². The predicted octanol–water partition coefficient (Wildman–Crippen LogP) is 5.79. The normalized spacial score (nSPS) is 34.5. The number of anilines is 1. The van der Waals surface area contributed by atoms with E-state index in [9.17, 15) is 15.0 Å². The average molecular weight is 567 g/mol. The number of ether oxygens (including phenoxy) is 2. The molecule has 4 N–H and O–H groups in total. The molecule has 8 heteroatoms. The minimum Gasteiger partial charge on any atom is -0.396 e. The van der Waals surface area contributed by atoms with Crippen LogP contribution in [0, 0.1) is 23.7 Å². The SMILES string of the molecule is C[C@@H]1[C@H](CSCCO)O[C@H](c2cccc(NC(=O)NC34CC5CC(CC(C5)C3)C4)c2)O[C@@H]1c1ccc(CO)cc1. The minimum atomic E-state index is -0.591. The van der Waals surface area contributed by atoms with Crippen LogP contribution in [-0.2, 0) is 16.1 Å². The van der Waals surface area contributed by atoms with Crippen molar-refractivity contribution in [2.45, 2.75) is 76.1 Å². The lowest BCUT2D eigenvalue weighted by Gasteiger charge is -2.56. The van der Waals surface area contributed by atoms with E-state index in [-0.39, 0.29) is 42.9 Å². The Morgan fingerprint density at radius 2 is 1.68 bits per heavy atom. The van der Waals surface area contributed by atoms with Crippen LogP contribution >= 0.6 is 11.8 Å². The number of carbonyl (C=O) groups is 1. The van der Waals surface area contributed by atoms with Gasteiger partial charge in [-0.1, -0.05) is 43.3 Å². The van der Waals surface area contributed by atoms with Crippen molar-refractivity contribution in [3.05, 3.63) is 65.2 Å². The van der Waals surface area contributed by atoms with Gasteiger partial charge in [-0.15, -0.1) is 0 Å². The van der Waals surface area contributed by atoms with Gasteiger partial charge in [-0.05, 0) is 79.5 Å². The second-order valence-corrected chi connectivity index (χ2v) is 13.7. The van der Waals surface area contributed by atoms with Crippen LogP contribution < -0.4 is 10.6 Å². The molecule has 0 radical (unpaired) electrons. The fourth-order valence-corrected chi connectivity index (χ4v) is 8.91.